The lowest BCUT2D eigenvalue weighted by molar-refractivity contribution is -0.00888. The molecule has 0 radical (unpaired) electrons. The Hall–Kier alpha value is -0.980. The molecule has 1 saturated heterocycles. The summed E-state index contributed by atoms with van der Waals surface area (Å²) in [6.07, 6.45) is 2.17. The maximum atomic E-state index is 9.78. The van der Waals surface area contributed by atoms with Gasteiger partial charge in [-0.1, -0.05) is 19.0 Å². The number of rotatable bonds is 6. The third kappa shape index (κ3) is 3.37. The Bertz CT molecular complexity index is 422. The van der Waals surface area contributed by atoms with Crippen molar-refractivity contribution in [3.05, 3.63) is 11.7 Å². The quantitative estimate of drug-likeness (QED) is 0.852. The molecule has 6 nitrogen and oxygen atoms in total. The van der Waals surface area contributed by atoms with Crippen molar-refractivity contribution in [2.24, 2.45) is 11.3 Å². The van der Waals surface area contributed by atoms with E-state index in [1.807, 2.05) is 0 Å². The van der Waals surface area contributed by atoms with Gasteiger partial charge in [-0.05, 0) is 25.3 Å². The Morgan fingerprint density at radius 1 is 1.50 bits per heavy atom. The molecule has 1 fully saturated rings. The van der Waals surface area contributed by atoms with Crippen LogP contribution in [0.4, 0.5) is 0 Å². The van der Waals surface area contributed by atoms with E-state index in [9.17, 15) is 5.11 Å². The first-order valence-electron chi connectivity index (χ1n) is 7.23. The summed E-state index contributed by atoms with van der Waals surface area (Å²) in [5.41, 5.74) is -0.00632. The molecule has 0 saturated carbocycles. The highest BCUT2D eigenvalue weighted by Gasteiger charge is 2.38. The first-order chi connectivity index (χ1) is 9.59. The summed E-state index contributed by atoms with van der Waals surface area (Å²) in [4.78, 5) is 6.60. The van der Waals surface area contributed by atoms with Crippen molar-refractivity contribution in [1.29, 1.82) is 0 Å². The van der Waals surface area contributed by atoms with Crippen molar-refractivity contribution in [2.45, 2.75) is 39.8 Å². The van der Waals surface area contributed by atoms with E-state index in [0.717, 1.165) is 25.9 Å². The number of hydrogen-bond acceptors (Lipinski definition) is 6. The highest BCUT2D eigenvalue weighted by atomic mass is 16.5. The SMILES string of the molecule is COCc1noc(CN2CCCC(CO)(C(C)C)C2)n1. The van der Waals surface area contributed by atoms with Crippen molar-refractivity contribution in [1.82, 2.24) is 15.0 Å². The zero-order chi connectivity index (χ0) is 14.6. The van der Waals surface area contributed by atoms with E-state index in [-0.39, 0.29) is 12.0 Å². The summed E-state index contributed by atoms with van der Waals surface area (Å²) in [5.74, 6) is 1.66. The summed E-state index contributed by atoms with van der Waals surface area (Å²) < 4.78 is 10.2. The molecule has 1 N–H and O–H groups in total. The Kier molecular flexibility index (Phi) is 5.12. The molecule has 114 valence electrons. The Labute approximate surface area is 120 Å². The van der Waals surface area contributed by atoms with Gasteiger partial charge >= 0.3 is 0 Å². The average Bonchev–Trinajstić information content (AvgIpc) is 2.86. The lowest BCUT2D eigenvalue weighted by Crippen LogP contribution is -2.47. The third-order valence-corrected chi connectivity index (χ3v) is 4.37. The average molecular weight is 283 g/mol. The Morgan fingerprint density at radius 3 is 2.95 bits per heavy atom. The van der Waals surface area contributed by atoms with Crippen molar-refractivity contribution in [3.8, 4) is 0 Å². The maximum absolute atomic E-state index is 9.78. The monoisotopic (exact) mass is 283 g/mol. The van der Waals surface area contributed by atoms with Gasteiger partial charge < -0.3 is 14.4 Å². The van der Waals surface area contributed by atoms with Crippen LogP contribution >= 0.6 is 0 Å². The molecule has 20 heavy (non-hydrogen) atoms. The van der Waals surface area contributed by atoms with Crippen LogP contribution in [-0.4, -0.2) is 47.0 Å². The number of piperidine rings is 1. The van der Waals surface area contributed by atoms with E-state index < -0.39 is 0 Å². The normalized spacial score (nSPS) is 24.4. The molecule has 1 atom stereocenters. The molecular weight excluding hydrogens is 258 g/mol. The summed E-state index contributed by atoms with van der Waals surface area (Å²) in [6.45, 7) is 7.51. The van der Waals surface area contributed by atoms with Crippen molar-refractivity contribution in [3.63, 3.8) is 0 Å². The van der Waals surface area contributed by atoms with Crippen LogP contribution in [0.25, 0.3) is 0 Å². The lowest BCUT2D eigenvalue weighted by Gasteiger charge is -2.44. The second-order valence-corrected chi connectivity index (χ2v) is 6.03. The van der Waals surface area contributed by atoms with Crippen LogP contribution in [0.3, 0.4) is 0 Å². The molecule has 0 aliphatic carbocycles. The van der Waals surface area contributed by atoms with Crippen LogP contribution in [-0.2, 0) is 17.9 Å². The van der Waals surface area contributed by atoms with Crippen LogP contribution in [0, 0.1) is 11.3 Å². The Morgan fingerprint density at radius 2 is 2.30 bits per heavy atom. The van der Waals surface area contributed by atoms with E-state index in [1.165, 1.54) is 0 Å². The molecule has 0 spiro atoms. The summed E-state index contributed by atoms with van der Waals surface area (Å²) in [7, 11) is 1.61. The van der Waals surface area contributed by atoms with E-state index in [1.54, 1.807) is 7.11 Å². The number of aromatic nitrogens is 2. The minimum absolute atomic E-state index is 0.00632. The standard InChI is InChI=1S/C14H25N3O3/c1-11(2)14(10-18)5-4-6-17(9-14)7-13-15-12(8-19-3)16-20-13/h11,18H,4-10H2,1-3H3. The topological polar surface area (TPSA) is 71.6 Å². The van der Waals surface area contributed by atoms with Gasteiger partial charge in [-0.25, -0.2) is 0 Å². The van der Waals surface area contributed by atoms with Gasteiger partial charge in [0, 0.05) is 19.1 Å². The first-order valence-corrected chi connectivity index (χ1v) is 7.23. The predicted molar refractivity (Wildman–Crippen MR) is 73.9 cm³/mol. The minimum atomic E-state index is -0.00632. The van der Waals surface area contributed by atoms with E-state index in [2.05, 4.69) is 28.9 Å². The second-order valence-electron chi connectivity index (χ2n) is 6.03. The fraction of sp³-hybridized carbons (Fsp3) is 0.857. The minimum Gasteiger partial charge on any atom is -0.396 e. The van der Waals surface area contributed by atoms with E-state index >= 15 is 0 Å². The number of nitrogens with zero attached hydrogens (tertiary/aromatic N) is 3. The number of aliphatic hydroxyl groups excluding tert-OH is 1. The molecule has 0 bridgehead atoms. The lowest BCUT2D eigenvalue weighted by atomic mass is 9.72. The van der Waals surface area contributed by atoms with Gasteiger partial charge in [-0.15, -0.1) is 0 Å². The number of ether oxygens (including phenoxy) is 1. The predicted octanol–water partition coefficient (Wildman–Crippen LogP) is 1.45. The molecule has 1 aliphatic rings. The van der Waals surface area contributed by atoms with Crippen LogP contribution in [0.1, 0.15) is 38.4 Å². The summed E-state index contributed by atoms with van der Waals surface area (Å²) in [5, 5.41) is 13.7. The zero-order valence-electron chi connectivity index (χ0n) is 12.6. The van der Waals surface area contributed by atoms with Gasteiger partial charge in [0.05, 0.1) is 13.2 Å². The molecule has 0 aromatic carbocycles. The van der Waals surface area contributed by atoms with E-state index in [4.69, 9.17) is 9.26 Å². The van der Waals surface area contributed by atoms with Gasteiger partial charge in [0.2, 0.25) is 5.89 Å². The molecule has 0 amide bonds. The van der Waals surface area contributed by atoms with Gasteiger partial charge in [-0.2, -0.15) is 4.98 Å². The summed E-state index contributed by atoms with van der Waals surface area (Å²) in [6, 6.07) is 0. The summed E-state index contributed by atoms with van der Waals surface area (Å²) >= 11 is 0. The fourth-order valence-electron chi connectivity index (χ4n) is 2.91. The number of aliphatic hydroxyl groups is 1. The molecular formula is C14H25N3O3. The molecule has 1 aromatic heterocycles. The van der Waals surface area contributed by atoms with Crippen molar-refractivity contribution in [2.75, 3.05) is 26.8 Å². The molecule has 1 aromatic rings. The van der Waals surface area contributed by atoms with Crippen LogP contribution in [0.15, 0.2) is 4.52 Å². The van der Waals surface area contributed by atoms with Gasteiger partial charge in [0.25, 0.3) is 0 Å². The van der Waals surface area contributed by atoms with Gasteiger partial charge in [0.15, 0.2) is 5.82 Å². The molecule has 6 heteroatoms. The Balaban J connectivity index is 1.98. The van der Waals surface area contributed by atoms with Crippen LogP contribution in [0.2, 0.25) is 0 Å². The highest BCUT2D eigenvalue weighted by molar-refractivity contribution is 4.91. The van der Waals surface area contributed by atoms with Crippen LogP contribution < -0.4 is 0 Å². The number of hydrogen-bond donors (Lipinski definition) is 1. The van der Waals surface area contributed by atoms with Crippen molar-refractivity contribution >= 4 is 0 Å². The molecule has 2 heterocycles. The second kappa shape index (κ2) is 6.65. The number of likely N-dealkylation sites (tertiary alicyclic amines) is 1. The largest absolute Gasteiger partial charge is 0.396 e. The fourth-order valence-corrected chi connectivity index (χ4v) is 2.91. The maximum Gasteiger partial charge on any atom is 0.240 e. The van der Waals surface area contributed by atoms with Gasteiger partial charge in [-0.3, -0.25) is 4.90 Å². The highest BCUT2D eigenvalue weighted by Crippen LogP contribution is 2.37. The van der Waals surface area contributed by atoms with E-state index in [0.29, 0.717) is 30.8 Å². The first kappa shape index (κ1) is 15.4. The molecule has 2 rings (SSSR count). The third-order valence-electron chi connectivity index (χ3n) is 4.37. The smallest absolute Gasteiger partial charge is 0.240 e. The van der Waals surface area contributed by atoms with Gasteiger partial charge in [0.1, 0.15) is 6.61 Å². The van der Waals surface area contributed by atoms with Crippen LogP contribution in [0.5, 0.6) is 0 Å². The van der Waals surface area contributed by atoms with Crippen molar-refractivity contribution < 1.29 is 14.4 Å². The molecule has 1 unspecified atom stereocenters. The number of methoxy groups -OCH3 is 1. The zero-order valence-corrected chi connectivity index (χ0v) is 12.6. The molecule has 1 aliphatic heterocycles.